The van der Waals surface area contributed by atoms with Gasteiger partial charge < -0.3 is 0 Å². The molecule has 1 aliphatic carbocycles. The van der Waals surface area contributed by atoms with Gasteiger partial charge in [-0.15, -0.1) is 0 Å². The Labute approximate surface area is 322 Å². The van der Waals surface area contributed by atoms with Crippen molar-refractivity contribution < 1.29 is 0 Å². The Hall–Kier alpha value is -6.76. The van der Waals surface area contributed by atoms with Gasteiger partial charge in [-0.3, -0.25) is 0 Å². The van der Waals surface area contributed by atoms with E-state index in [1.54, 1.807) is 0 Å². The maximum Gasteiger partial charge on any atom is 0.0158 e. The molecular formula is C55H38. The van der Waals surface area contributed by atoms with Crippen LogP contribution in [-0.2, 0) is 5.41 Å². The SMILES string of the molecule is CC1(C)c2ccccc2-c2cc(-c3c4ccccc4c(-c4cccc(-c5cc6ccccc6c6ccccc56)c4)c4ccc(-c5ccccc5)cc34)ccc21. The molecule has 0 radical (unpaired) electrons. The molecule has 11 rings (SSSR count). The van der Waals surface area contributed by atoms with Crippen LogP contribution in [0, 0.1) is 0 Å². The highest BCUT2D eigenvalue weighted by atomic mass is 14.4. The van der Waals surface area contributed by atoms with Crippen LogP contribution in [0.15, 0.2) is 194 Å². The molecule has 0 saturated heterocycles. The highest BCUT2D eigenvalue weighted by molar-refractivity contribution is 6.22. The van der Waals surface area contributed by atoms with Crippen LogP contribution in [0.5, 0.6) is 0 Å². The van der Waals surface area contributed by atoms with Crippen molar-refractivity contribution in [2.24, 2.45) is 0 Å². The predicted octanol–water partition coefficient (Wildman–Crippen LogP) is 15.3. The Morgan fingerprint density at radius 3 is 1.65 bits per heavy atom. The summed E-state index contributed by atoms with van der Waals surface area (Å²) >= 11 is 0. The summed E-state index contributed by atoms with van der Waals surface area (Å²) in [5.41, 5.74) is 15.4. The largest absolute Gasteiger partial charge is 0.0622 e. The first-order valence-corrected chi connectivity index (χ1v) is 19.3. The van der Waals surface area contributed by atoms with Crippen LogP contribution in [0.4, 0.5) is 0 Å². The summed E-state index contributed by atoms with van der Waals surface area (Å²) in [5, 5.41) is 10.2. The summed E-state index contributed by atoms with van der Waals surface area (Å²) in [5.74, 6) is 0. The number of hydrogen-bond acceptors (Lipinski definition) is 0. The lowest BCUT2D eigenvalue weighted by Crippen LogP contribution is -2.14. The topological polar surface area (TPSA) is 0 Å². The van der Waals surface area contributed by atoms with Gasteiger partial charge in [0.05, 0.1) is 0 Å². The lowest BCUT2D eigenvalue weighted by atomic mass is 9.81. The third-order valence-electron chi connectivity index (χ3n) is 12.2. The quantitative estimate of drug-likeness (QED) is 0.127. The first-order chi connectivity index (χ1) is 27.0. The highest BCUT2D eigenvalue weighted by Gasteiger charge is 2.35. The molecule has 1 aliphatic rings. The number of hydrogen-bond donors (Lipinski definition) is 0. The summed E-state index contributed by atoms with van der Waals surface area (Å²) in [6.07, 6.45) is 0. The zero-order valence-corrected chi connectivity index (χ0v) is 31.0. The normalized spacial score (nSPS) is 13.1. The van der Waals surface area contributed by atoms with Crippen LogP contribution in [0.25, 0.3) is 98.7 Å². The van der Waals surface area contributed by atoms with Crippen molar-refractivity contribution in [1.29, 1.82) is 0 Å². The first-order valence-electron chi connectivity index (χ1n) is 19.3. The summed E-state index contributed by atoms with van der Waals surface area (Å²) in [6, 6.07) is 72.3. The third-order valence-corrected chi connectivity index (χ3v) is 12.2. The second kappa shape index (κ2) is 12.1. The van der Waals surface area contributed by atoms with Crippen LogP contribution < -0.4 is 0 Å². The molecule has 0 atom stereocenters. The van der Waals surface area contributed by atoms with Crippen molar-refractivity contribution >= 4 is 43.1 Å². The summed E-state index contributed by atoms with van der Waals surface area (Å²) in [4.78, 5) is 0. The fourth-order valence-corrected chi connectivity index (χ4v) is 9.62. The molecule has 0 fully saturated rings. The van der Waals surface area contributed by atoms with Crippen molar-refractivity contribution in [3.63, 3.8) is 0 Å². The van der Waals surface area contributed by atoms with E-state index in [0.29, 0.717) is 0 Å². The second-order valence-electron chi connectivity index (χ2n) is 15.6. The maximum absolute atomic E-state index is 2.46. The first kappa shape index (κ1) is 31.7. The monoisotopic (exact) mass is 698 g/mol. The van der Waals surface area contributed by atoms with Crippen LogP contribution in [0.3, 0.4) is 0 Å². The minimum absolute atomic E-state index is 0.0414. The molecule has 0 bridgehead atoms. The van der Waals surface area contributed by atoms with Gasteiger partial charge in [-0.25, -0.2) is 0 Å². The Bertz CT molecular complexity index is 3160. The van der Waals surface area contributed by atoms with Gasteiger partial charge in [-0.05, 0) is 134 Å². The van der Waals surface area contributed by atoms with E-state index < -0.39 is 0 Å². The molecule has 0 N–H and O–H groups in total. The lowest BCUT2D eigenvalue weighted by Gasteiger charge is -2.22. The van der Waals surface area contributed by atoms with Gasteiger partial charge in [0, 0.05) is 5.41 Å². The van der Waals surface area contributed by atoms with E-state index >= 15 is 0 Å². The molecule has 0 aliphatic heterocycles. The van der Waals surface area contributed by atoms with E-state index in [4.69, 9.17) is 0 Å². The third kappa shape index (κ3) is 4.85. The Morgan fingerprint density at radius 2 is 0.836 bits per heavy atom. The smallest absolute Gasteiger partial charge is 0.0158 e. The molecule has 258 valence electrons. The van der Waals surface area contributed by atoms with E-state index in [0.717, 1.165) is 0 Å². The van der Waals surface area contributed by atoms with Crippen LogP contribution in [-0.4, -0.2) is 0 Å². The minimum atomic E-state index is -0.0414. The molecule has 0 spiro atoms. The standard InChI is InChI=1S/C55H38/c1-55(2)51-26-13-12-23-44(51)49-34-40(28-30-52(49)55)54-46-25-11-10-24-45(46)53(47-29-27-36(32-50(47)54)35-15-4-3-5-16-35)39-19-14-18-37(31-39)48-33-38-17-6-7-20-41(38)42-21-8-9-22-43(42)48/h3-34H,1-2H3. The zero-order chi connectivity index (χ0) is 36.7. The molecule has 10 aromatic carbocycles. The molecule has 55 heavy (non-hydrogen) atoms. The van der Waals surface area contributed by atoms with Crippen molar-refractivity contribution in [3.8, 4) is 55.6 Å². The number of fused-ring (bicyclic) bond motifs is 8. The molecule has 0 heteroatoms. The van der Waals surface area contributed by atoms with Crippen LogP contribution in [0.2, 0.25) is 0 Å². The van der Waals surface area contributed by atoms with Gasteiger partial charge in [-0.1, -0.05) is 184 Å². The average molecular weight is 699 g/mol. The molecule has 0 heterocycles. The van der Waals surface area contributed by atoms with Crippen molar-refractivity contribution in [1.82, 2.24) is 0 Å². The number of benzene rings is 10. The Balaban J connectivity index is 1.20. The second-order valence-corrected chi connectivity index (χ2v) is 15.6. The lowest BCUT2D eigenvalue weighted by molar-refractivity contribution is 0.660. The maximum atomic E-state index is 2.46. The van der Waals surface area contributed by atoms with Crippen molar-refractivity contribution in [2.45, 2.75) is 19.3 Å². The highest BCUT2D eigenvalue weighted by Crippen LogP contribution is 2.52. The molecule has 0 aromatic heterocycles. The van der Waals surface area contributed by atoms with Crippen molar-refractivity contribution in [3.05, 3.63) is 205 Å². The average Bonchev–Trinajstić information content (AvgIpc) is 3.47. The number of rotatable bonds is 4. The molecular weight excluding hydrogens is 661 g/mol. The van der Waals surface area contributed by atoms with Gasteiger partial charge in [-0.2, -0.15) is 0 Å². The van der Waals surface area contributed by atoms with Crippen molar-refractivity contribution in [2.75, 3.05) is 0 Å². The predicted molar refractivity (Wildman–Crippen MR) is 236 cm³/mol. The summed E-state index contributed by atoms with van der Waals surface area (Å²) in [6.45, 7) is 4.72. The van der Waals surface area contributed by atoms with Crippen LogP contribution >= 0.6 is 0 Å². The molecule has 0 amide bonds. The van der Waals surface area contributed by atoms with Crippen LogP contribution in [0.1, 0.15) is 25.0 Å². The molecule has 0 nitrogen and oxygen atoms in total. The molecule has 0 saturated carbocycles. The Kier molecular flexibility index (Phi) is 7.00. The van der Waals surface area contributed by atoms with Gasteiger partial charge >= 0.3 is 0 Å². The van der Waals surface area contributed by atoms with E-state index in [2.05, 4.69) is 208 Å². The van der Waals surface area contributed by atoms with E-state index in [1.807, 2.05) is 0 Å². The summed E-state index contributed by atoms with van der Waals surface area (Å²) in [7, 11) is 0. The zero-order valence-electron chi connectivity index (χ0n) is 31.0. The van der Waals surface area contributed by atoms with Gasteiger partial charge in [0.1, 0.15) is 0 Å². The van der Waals surface area contributed by atoms with Gasteiger partial charge in [0.15, 0.2) is 0 Å². The fourth-order valence-electron chi connectivity index (χ4n) is 9.62. The summed E-state index contributed by atoms with van der Waals surface area (Å²) < 4.78 is 0. The van der Waals surface area contributed by atoms with E-state index in [9.17, 15) is 0 Å². The molecule has 10 aromatic rings. The fraction of sp³-hybridized carbons (Fsp3) is 0.0545. The van der Waals surface area contributed by atoms with Gasteiger partial charge in [0.2, 0.25) is 0 Å². The molecule has 0 unspecified atom stereocenters. The van der Waals surface area contributed by atoms with E-state index in [-0.39, 0.29) is 5.41 Å². The van der Waals surface area contributed by atoms with Gasteiger partial charge in [0.25, 0.3) is 0 Å². The van der Waals surface area contributed by atoms with E-state index in [1.165, 1.54) is 110 Å². The minimum Gasteiger partial charge on any atom is -0.0622 e. The Morgan fingerprint density at radius 1 is 0.273 bits per heavy atom.